The van der Waals surface area contributed by atoms with Gasteiger partial charge in [-0.25, -0.2) is 9.18 Å². The van der Waals surface area contributed by atoms with Gasteiger partial charge < -0.3 is 14.2 Å². The number of rotatable bonds is 7. The lowest BCUT2D eigenvalue weighted by Gasteiger charge is -2.15. The van der Waals surface area contributed by atoms with Crippen LogP contribution >= 0.6 is 15.9 Å². The molecule has 0 radical (unpaired) electrons. The number of halogens is 2. The minimum Gasteiger partial charge on any atom is -0.493 e. The van der Waals surface area contributed by atoms with E-state index in [0.29, 0.717) is 46.5 Å². The van der Waals surface area contributed by atoms with Crippen LogP contribution in [0.15, 0.2) is 40.9 Å². The molecule has 2 aromatic rings. The van der Waals surface area contributed by atoms with Crippen LogP contribution in [0, 0.1) is 5.82 Å². The van der Waals surface area contributed by atoms with Crippen molar-refractivity contribution in [1.82, 2.24) is 0 Å². The Morgan fingerprint density at radius 2 is 1.88 bits per heavy atom. The molecule has 0 heterocycles. The van der Waals surface area contributed by atoms with E-state index in [1.807, 2.05) is 0 Å². The van der Waals surface area contributed by atoms with Crippen molar-refractivity contribution in [2.45, 2.75) is 6.42 Å². The van der Waals surface area contributed by atoms with Crippen molar-refractivity contribution in [1.29, 1.82) is 0 Å². The zero-order valence-electron chi connectivity index (χ0n) is 13.5. The second-order valence-corrected chi connectivity index (χ2v) is 5.85. The average molecular weight is 397 g/mol. The lowest BCUT2D eigenvalue weighted by Crippen LogP contribution is -2.06. The Labute approximate surface area is 148 Å². The maximum atomic E-state index is 14.2. The molecule has 0 aromatic heterocycles. The van der Waals surface area contributed by atoms with Crippen LogP contribution in [0.5, 0.6) is 5.75 Å². The fourth-order valence-corrected chi connectivity index (χ4v) is 2.72. The van der Waals surface area contributed by atoms with E-state index < -0.39 is 5.97 Å². The highest BCUT2D eigenvalue weighted by Crippen LogP contribution is 2.36. The summed E-state index contributed by atoms with van der Waals surface area (Å²) in [5.41, 5.74) is 1.28. The first-order valence-electron chi connectivity index (χ1n) is 7.37. The molecule has 2 aromatic carbocycles. The highest BCUT2D eigenvalue weighted by molar-refractivity contribution is 9.10. The zero-order chi connectivity index (χ0) is 17.5. The van der Waals surface area contributed by atoms with Crippen LogP contribution in [-0.2, 0) is 9.47 Å². The average Bonchev–Trinajstić information content (AvgIpc) is 2.59. The Morgan fingerprint density at radius 3 is 2.54 bits per heavy atom. The minimum atomic E-state index is -0.497. The van der Waals surface area contributed by atoms with Gasteiger partial charge in [0.2, 0.25) is 0 Å². The van der Waals surface area contributed by atoms with Crippen LogP contribution < -0.4 is 4.74 Å². The molecule has 0 aliphatic carbocycles. The van der Waals surface area contributed by atoms with Crippen LogP contribution in [0.4, 0.5) is 4.39 Å². The number of ether oxygens (including phenoxy) is 3. The predicted octanol–water partition coefficient (Wildman–Crippen LogP) is 4.46. The van der Waals surface area contributed by atoms with Crippen molar-refractivity contribution >= 4 is 21.9 Å². The third-order valence-electron chi connectivity index (χ3n) is 3.39. The molecule has 0 unspecified atom stereocenters. The number of carbonyl (C=O) groups is 1. The Morgan fingerprint density at radius 1 is 1.12 bits per heavy atom. The molecule has 24 heavy (non-hydrogen) atoms. The first kappa shape index (κ1) is 18.4. The summed E-state index contributed by atoms with van der Waals surface area (Å²) in [6.07, 6.45) is 0.677. The van der Waals surface area contributed by atoms with Crippen LogP contribution in [0.25, 0.3) is 11.1 Å². The second kappa shape index (κ2) is 8.80. The number of esters is 1. The summed E-state index contributed by atoms with van der Waals surface area (Å²) in [7, 11) is 2.92. The Bertz CT molecular complexity index is 718. The summed E-state index contributed by atoms with van der Waals surface area (Å²) in [6, 6.07) is 9.63. The monoisotopic (exact) mass is 396 g/mol. The van der Waals surface area contributed by atoms with Crippen molar-refractivity contribution in [2.75, 3.05) is 27.4 Å². The van der Waals surface area contributed by atoms with Crippen LogP contribution in [0.1, 0.15) is 16.8 Å². The van der Waals surface area contributed by atoms with Gasteiger partial charge in [-0.05, 0) is 34.1 Å². The number of hydrogen-bond donors (Lipinski definition) is 0. The molecule has 0 amide bonds. The third-order valence-corrected chi connectivity index (χ3v) is 4.05. The molecule has 0 bridgehead atoms. The molecule has 0 aliphatic heterocycles. The normalized spacial score (nSPS) is 10.5. The van der Waals surface area contributed by atoms with Gasteiger partial charge in [0.1, 0.15) is 11.6 Å². The van der Waals surface area contributed by atoms with Crippen molar-refractivity contribution in [3.63, 3.8) is 0 Å². The van der Waals surface area contributed by atoms with E-state index in [-0.39, 0.29) is 5.82 Å². The number of benzene rings is 2. The van der Waals surface area contributed by atoms with Crippen LogP contribution in [0.3, 0.4) is 0 Å². The Hall–Kier alpha value is -1.92. The molecule has 0 atom stereocenters. The van der Waals surface area contributed by atoms with E-state index in [9.17, 15) is 9.18 Å². The smallest absolute Gasteiger partial charge is 0.339 e. The molecule has 0 saturated carbocycles. The molecule has 0 aliphatic rings. The van der Waals surface area contributed by atoms with E-state index in [1.165, 1.54) is 13.2 Å². The topological polar surface area (TPSA) is 44.8 Å². The molecule has 4 nitrogen and oxygen atoms in total. The SMILES string of the molecule is COCCCOc1cc(C(=O)OC)c(Br)cc1-c1ccccc1F. The molecule has 2 rings (SSSR count). The molecule has 0 fully saturated rings. The van der Waals surface area contributed by atoms with E-state index in [0.717, 1.165) is 0 Å². The molecule has 128 valence electrons. The van der Waals surface area contributed by atoms with E-state index in [2.05, 4.69) is 15.9 Å². The van der Waals surface area contributed by atoms with Gasteiger partial charge in [0.25, 0.3) is 0 Å². The van der Waals surface area contributed by atoms with Gasteiger partial charge >= 0.3 is 5.97 Å². The predicted molar refractivity (Wildman–Crippen MR) is 92.9 cm³/mol. The fraction of sp³-hybridized carbons (Fsp3) is 0.278. The van der Waals surface area contributed by atoms with Crippen LogP contribution in [0.2, 0.25) is 0 Å². The zero-order valence-corrected chi connectivity index (χ0v) is 15.1. The molecular formula is C18H18BrFO4. The van der Waals surface area contributed by atoms with Crippen molar-refractivity contribution in [3.05, 3.63) is 52.3 Å². The fourth-order valence-electron chi connectivity index (χ4n) is 2.21. The lowest BCUT2D eigenvalue weighted by molar-refractivity contribution is 0.0599. The molecule has 0 saturated heterocycles. The first-order chi connectivity index (χ1) is 11.6. The third kappa shape index (κ3) is 4.33. The highest BCUT2D eigenvalue weighted by atomic mass is 79.9. The standard InChI is InChI=1S/C18H18BrFO4/c1-22-8-5-9-24-17-11-14(18(21)23-2)15(19)10-13(17)12-6-3-4-7-16(12)20/h3-4,6-7,10-11H,5,8-9H2,1-2H3. The molecule has 0 N–H and O–H groups in total. The van der Waals surface area contributed by atoms with Gasteiger partial charge in [-0.15, -0.1) is 0 Å². The summed E-state index contributed by atoms with van der Waals surface area (Å²) in [5.74, 6) is -0.444. The van der Waals surface area contributed by atoms with Crippen LogP contribution in [-0.4, -0.2) is 33.4 Å². The Kier molecular flexibility index (Phi) is 6.75. The van der Waals surface area contributed by atoms with E-state index in [1.54, 1.807) is 37.4 Å². The van der Waals surface area contributed by atoms with E-state index in [4.69, 9.17) is 14.2 Å². The summed E-state index contributed by atoms with van der Waals surface area (Å²) in [6.45, 7) is 0.937. The summed E-state index contributed by atoms with van der Waals surface area (Å²) < 4.78 is 30.2. The second-order valence-electron chi connectivity index (χ2n) is 4.99. The van der Waals surface area contributed by atoms with Crippen molar-refractivity contribution < 1.29 is 23.4 Å². The lowest BCUT2D eigenvalue weighted by atomic mass is 10.0. The van der Waals surface area contributed by atoms with Crippen molar-refractivity contribution in [3.8, 4) is 16.9 Å². The van der Waals surface area contributed by atoms with Crippen molar-refractivity contribution in [2.24, 2.45) is 0 Å². The summed E-state index contributed by atoms with van der Waals surface area (Å²) in [4.78, 5) is 11.9. The summed E-state index contributed by atoms with van der Waals surface area (Å²) in [5, 5.41) is 0. The number of hydrogen-bond acceptors (Lipinski definition) is 4. The number of methoxy groups -OCH3 is 2. The minimum absolute atomic E-state index is 0.319. The van der Waals surface area contributed by atoms with E-state index >= 15 is 0 Å². The maximum absolute atomic E-state index is 14.2. The number of carbonyl (C=O) groups excluding carboxylic acids is 1. The summed E-state index contributed by atoms with van der Waals surface area (Å²) >= 11 is 3.34. The maximum Gasteiger partial charge on any atom is 0.339 e. The van der Waals surface area contributed by atoms with Gasteiger partial charge in [-0.2, -0.15) is 0 Å². The molecule has 6 heteroatoms. The molecular weight excluding hydrogens is 379 g/mol. The van der Waals surface area contributed by atoms with Gasteiger partial charge in [-0.1, -0.05) is 18.2 Å². The van der Waals surface area contributed by atoms with Gasteiger partial charge in [0.15, 0.2) is 0 Å². The Balaban J connectivity index is 2.45. The van der Waals surface area contributed by atoms with Gasteiger partial charge in [0.05, 0.1) is 19.3 Å². The largest absolute Gasteiger partial charge is 0.493 e. The van der Waals surface area contributed by atoms with Gasteiger partial charge in [0, 0.05) is 35.7 Å². The molecule has 0 spiro atoms. The first-order valence-corrected chi connectivity index (χ1v) is 8.16. The quantitative estimate of drug-likeness (QED) is 0.511. The van der Waals surface area contributed by atoms with Gasteiger partial charge in [-0.3, -0.25) is 0 Å². The highest BCUT2D eigenvalue weighted by Gasteiger charge is 2.18.